The smallest absolute Gasteiger partial charge is 0.244 e. The molecule has 2 unspecified atom stereocenters. The molecule has 0 bridgehead atoms. The highest BCUT2D eigenvalue weighted by atomic mass is 16.6. The second kappa shape index (κ2) is 3.68. The predicted octanol–water partition coefficient (Wildman–Crippen LogP) is -0.288. The van der Waals surface area contributed by atoms with E-state index in [4.69, 9.17) is 9.47 Å². The maximum Gasteiger partial charge on any atom is 0.244 e. The number of amides is 1. The predicted molar refractivity (Wildman–Crippen MR) is 56.8 cm³/mol. The standard InChI is InChI=1S/C11H18N2O3/c1-8-12-11(2-3-11)10(14)13(8)6-9-7-15-4-5-16-9/h8-9,12H,2-7H2,1H3. The number of hydrogen-bond donors (Lipinski definition) is 1. The summed E-state index contributed by atoms with van der Waals surface area (Å²) in [7, 11) is 0. The van der Waals surface area contributed by atoms with Gasteiger partial charge in [-0.3, -0.25) is 10.1 Å². The summed E-state index contributed by atoms with van der Waals surface area (Å²) in [6.07, 6.45) is 2.13. The van der Waals surface area contributed by atoms with E-state index in [1.165, 1.54) is 0 Å². The average molecular weight is 226 g/mol. The van der Waals surface area contributed by atoms with Gasteiger partial charge in [0.15, 0.2) is 0 Å². The third-order valence-corrected chi connectivity index (χ3v) is 3.66. The van der Waals surface area contributed by atoms with Gasteiger partial charge in [-0.25, -0.2) is 0 Å². The fourth-order valence-corrected chi connectivity index (χ4v) is 2.58. The van der Waals surface area contributed by atoms with Crippen molar-refractivity contribution in [3.63, 3.8) is 0 Å². The molecule has 16 heavy (non-hydrogen) atoms. The Bertz CT molecular complexity index is 298. The molecule has 5 nitrogen and oxygen atoms in total. The van der Waals surface area contributed by atoms with Crippen molar-refractivity contribution in [1.29, 1.82) is 0 Å². The highest BCUT2D eigenvalue weighted by Crippen LogP contribution is 2.41. The summed E-state index contributed by atoms with van der Waals surface area (Å²) in [6.45, 7) is 4.59. The summed E-state index contributed by atoms with van der Waals surface area (Å²) < 4.78 is 10.9. The Morgan fingerprint density at radius 1 is 1.50 bits per heavy atom. The Balaban J connectivity index is 1.63. The van der Waals surface area contributed by atoms with E-state index in [-0.39, 0.29) is 23.7 Å². The first-order valence-electron chi connectivity index (χ1n) is 5.99. The van der Waals surface area contributed by atoms with Gasteiger partial charge in [0.1, 0.15) is 0 Å². The zero-order valence-electron chi connectivity index (χ0n) is 9.57. The van der Waals surface area contributed by atoms with Crippen molar-refractivity contribution in [3.8, 4) is 0 Å². The second-order valence-corrected chi connectivity index (χ2v) is 4.93. The van der Waals surface area contributed by atoms with Crippen LogP contribution in [-0.2, 0) is 14.3 Å². The van der Waals surface area contributed by atoms with Crippen LogP contribution in [0.4, 0.5) is 0 Å². The van der Waals surface area contributed by atoms with E-state index in [9.17, 15) is 4.79 Å². The quantitative estimate of drug-likeness (QED) is 0.703. The molecular weight excluding hydrogens is 208 g/mol. The fourth-order valence-electron chi connectivity index (χ4n) is 2.58. The Labute approximate surface area is 95.1 Å². The summed E-state index contributed by atoms with van der Waals surface area (Å²) in [5.41, 5.74) is -0.213. The van der Waals surface area contributed by atoms with Crippen LogP contribution in [0.2, 0.25) is 0 Å². The van der Waals surface area contributed by atoms with Crippen LogP contribution >= 0.6 is 0 Å². The van der Waals surface area contributed by atoms with Gasteiger partial charge >= 0.3 is 0 Å². The molecule has 0 aromatic carbocycles. The van der Waals surface area contributed by atoms with Crippen molar-refractivity contribution in [2.24, 2.45) is 0 Å². The number of nitrogens with zero attached hydrogens (tertiary/aromatic N) is 1. The average Bonchev–Trinajstić information content (AvgIpc) is 3.03. The van der Waals surface area contributed by atoms with Crippen LogP contribution in [0.5, 0.6) is 0 Å². The van der Waals surface area contributed by atoms with E-state index in [0.29, 0.717) is 26.4 Å². The topological polar surface area (TPSA) is 50.8 Å². The molecule has 3 rings (SSSR count). The van der Waals surface area contributed by atoms with Gasteiger partial charge in [0, 0.05) is 0 Å². The van der Waals surface area contributed by atoms with Crippen molar-refractivity contribution in [1.82, 2.24) is 10.2 Å². The monoisotopic (exact) mass is 226 g/mol. The molecule has 0 radical (unpaired) electrons. The minimum absolute atomic E-state index is 0.0378. The summed E-state index contributed by atoms with van der Waals surface area (Å²) in [6, 6.07) is 0. The maximum absolute atomic E-state index is 12.1. The molecule has 2 atom stereocenters. The molecule has 3 aliphatic rings. The molecule has 1 aliphatic carbocycles. The molecule has 3 fully saturated rings. The van der Waals surface area contributed by atoms with Gasteiger partial charge in [-0.05, 0) is 19.8 Å². The van der Waals surface area contributed by atoms with Crippen LogP contribution in [0.3, 0.4) is 0 Å². The highest BCUT2D eigenvalue weighted by Gasteiger charge is 2.58. The van der Waals surface area contributed by atoms with Crippen molar-refractivity contribution in [2.45, 2.75) is 37.6 Å². The van der Waals surface area contributed by atoms with Crippen molar-refractivity contribution in [2.75, 3.05) is 26.4 Å². The lowest BCUT2D eigenvalue weighted by atomic mass is 10.2. The molecule has 2 aliphatic heterocycles. The number of ether oxygens (including phenoxy) is 2. The highest BCUT2D eigenvalue weighted by molar-refractivity contribution is 5.91. The van der Waals surface area contributed by atoms with E-state index < -0.39 is 0 Å². The SMILES string of the molecule is CC1NC2(CC2)C(=O)N1CC1COCCO1. The van der Waals surface area contributed by atoms with Crippen molar-refractivity contribution < 1.29 is 14.3 Å². The lowest BCUT2D eigenvalue weighted by Crippen LogP contribution is -2.44. The van der Waals surface area contributed by atoms with Crippen molar-refractivity contribution in [3.05, 3.63) is 0 Å². The number of nitrogens with one attached hydrogen (secondary N) is 1. The third kappa shape index (κ3) is 1.63. The van der Waals surface area contributed by atoms with Crippen LogP contribution < -0.4 is 5.32 Å². The number of hydrogen-bond acceptors (Lipinski definition) is 4. The van der Waals surface area contributed by atoms with E-state index in [1.54, 1.807) is 0 Å². The van der Waals surface area contributed by atoms with E-state index >= 15 is 0 Å². The first kappa shape index (κ1) is 10.5. The molecule has 1 saturated carbocycles. The molecule has 2 saturated heterocycles. The molecule has 1 spiro atoms. The second-order valence-electron chi connectivity index (χ2n) is 4.93. The van der Waals surface area contributed by atoms with Crippen molar-refractivity contribution >= 4 is 5.91 Å². The van der Waals surface area contributed by atoms with E-state index in [2.05, 4.69) is 5.32 Å². The Hall–Kier alpha value is -0.650. The summed E-state index contributed by atoms with van der Waals surface area (Å²) in [4.78, 5) is 14.0. The zero-order valence-corrected chi connectivity index (χ0v) is 9.57. The molecule has 0 aromatic heterocycles. The molecular formula is C11H18N2O3. The summed E-state index contributed by atoms with van der Waals surface area (Å²) in [5, 5.41) is 3.37. The number of carbonyl (C=O) groups is 1. The maximum atomic E-state index is 12.1. The van der Waals surface area contributed by atoms with Gasteiger partial charge in [0.25, 0.3) is 0 Å². The van der Waals surface area contributed by atoms with Crippen LogP contribution in [0, 0.1) is 0 Å². The summed E-state index contributed by atoms with van der Waals surface area (Å²) >= 11 is 0. The van der Waals surface area contributed by atoms with Crippen LogP contribution in [0.25, 0.3) is 0 Å². The van der Waals surface area contributed by atoms with E-state index in [0.717, 1.165) is 12.8 Å². The normalized spacial score (nSPS) is 37.1. The largest absolute Gasteiger partial charge is 0.376 e. The van der Waals surface area contributed by atoms with Gasteiger partial charge in [-0.15, -0.1) is 0 Å². The first-order chi connectivity index (χ1) is 7.71. The lowest BCUT2D eigenvalue weighted by Gasteiger charge is -2.29. The first-order valence-corrected chi connectivity index (χ1v) is 5.99. The molecule has 0 aromatic rings. The van der Waals surface area contributed by atoms with E-state index in [1.807, 2.05) is 11.8 Å². The summed E-state index contributed by atoms with van der Waals surface area (Å²) in [5.74, 6) is 0.245. The minimum Gasteiger partial charge on any atom is -0.376 e. The van der Waals surface area contributed by atoms with Crippen LogP contribution in [0.15, 0.2) is 0 Å². The van der Waals surface area contributed by atoms with Gasteiger partial charge in [0.2, 0.25) is 5.91 Å². The molecule has 1 amide bonds. The van der Waals surface area contributed by atoms with Gasteiger partial charge in [0.05, 0.1) is 44.2 Å². The Morgan fingerprint density at radius 3 is 2.88 bits per heavy atom. The molecule has 2 heterocycles. The van der Waals surface area contributed by atoms with Gasteiger partial charge in [-0.2, -0.15) is 0 Å². The minimum atomic E-state index is -0.213. The third-order valence-electron chi connectivity index (χ3n) is 3.66. The zero-order chi connectivity index (χ0) is 11.2. The fraction of sp³-hybridized carbons (Fsp3) is 0.909. The van der Waals surface area contributed by atoms with Gasteiger partial charge in [-0.1, -0.05) is 0 Å². The molecule has 90 valence electrons. The van der Waals surface area contributed by atoms with Crippen LogP contribution in [0.1, 0.15) is 19.8 Å². The van der Waals surface area contributed by atoms with Gasteiger partial charge < -0.3 is 14.4 Å². The molecule has 5 heteroatoms. The number of carbonyl (C=O) groups excluding carboxylic acids is 1. The number of rotatable bonds is 2. The molecule has 1 N–H and O–H groups in total. The lowest BCUT2D eigenvalue weighted by molar-refractivity contribution is -0.137. The van der Waals surface area contributed by atoms with Crippen LogP contribution in [-0.4, -0.2) is 55.0 Å². The Kier molecular flexibility index (Phi) is 2.42. The Morgan fingerprint density at radius 2 is 2.31 bits per heavy atom.